The quantitative estimate of drug-likeness (QED) is 0.497. The first-order valence-corrected chi connectivity index (χ1v) is 9.64. The molecule has 1 saturated carbocycles. The highest BCUT2D eigenvalue weighted by Gasteiger charge is 2.44. The minimum absolute atomic E-state index is 0.0237. The van der Waals surface area contributed by atoms with Crippen molar-refractivity contribution in [1.82, 2.24) is 15.2 Å². The predicted molar refractivity (Wildman–Crippen MR) is 113 cm³/mol. The summed E-state index contributed by atoms with van der Waals surface area (Å²) in [5, 5.41) is 11.8. The molecule has 144 valence electrons. The Bertz CT molecular complexity index is 1290. The number of benzene rings is 3. The van der Waals surface area contributed by atoms with E-state index in [1.807, 2.05) is 37.3 Å². The van der Waals surface area contributed by atoms with Crippen molar-refractivity contribution in [2.24, 2.45) is 5.92 Å². The first kappa shape index (κ1) is 17.4. The van der Waals surface area contributed by atoms with Crippen molar-refractivity contribution < 1.29 is 4.79 Å². The van der Waals surface area contributed by atoms with E-state index in [0.29, 0.717) is 5.82 Å². The molecule has 4 aromatic rings. The highest BCUT2D eigenvalue weighted by atomic mass is 16.2. The van der Waals surface area contributed by atoms with Crippen molar-refractivity contribution in [1.29, 1.82) is 0 Å². The zero-order chi connectivity index (χ0) is 20.0. The summed E-state index contributed by atoms with van der Waals surface area (Å²) in [7, 11) is 0. The molecule has 3 aromatic carbocycles. The molecule has 0 spiro atoms. The van der Waals surface area contributed by atoms with Crippen molar-refractivity contribution in [3.05, 3.63) is 82.3 Å². The number of nitrogens with one attached hydrogen (secondary N) is 3. The van der Waals surface area contributed by atoms with E-state index < -0.39 is 0 Å². The Morgan fingerprint density at radius 1 is 1.07 bits per heavy atom. The molecule has 1 aliphatic rings. The van der Waals surface area contributed by atoms with Crippen LogP contribution >= 0.6 is 0 Å². The van der Waals surface area contributed by atoms with Crippen molar-refractivity contribution in [2.75, 3.05) is 5.32 Å². The molecule has 1 aromatic heterocycles. The summed E-state index contributed by atoms with van der Waals surface area (Å²) in [5.41, 5.74) is 3.29. The molecule has 2 unspecified atom stereocenters. The number of aryl methyl sites for hydroxylation is 1. The van der Waals surface area contributed by atoms with E-state index >= 15 is 0 Å². The topological polar surface area (TPSA) is 90.6 Å². The van der Waals surface area contributed by atoms with E-state index in [0.717, 1.165) is 23.2 Å². The third-order valence-corrected chi connectivity index (χ3v) is 5.60. The Kier molecular flexibility index (Phi) is 4.05. The number of aromatic amines is 2. The number of nitrogens with zero attached hydrogens (tertiary/aromatic N) is 1. The first-order valence-electron chi connectivity index (χ1n) is 9.64. The second-order valence-corrected chi connectivity index (χ2v) is 7.60. The zero-order valence-electron chi connectivity index (χ0n) is 15.9. The van der Waals surface area contributed by atoms with E-state index in [2.05, 4.69) is 50.8 Å². The number of aromatic nitrogens is 3. The van der Waals surface area contributed by atoms with Gasteiger partial charge in [0.1, 0.15) is 0 Å². The highest BCUT2D eigenvalue weighted by molar-refractivity contribution is 5.96. The maximum absolute atomic E-state index is 12.8. The van der Waals surface area contributed by atoms with Crippen LogP contribution in [0, 0.1) is 12.8 Å². The zero-order valence-corrected chi connectivity index (χ0v) is 15.9. The largest absolute Gasteiger partial charge is 0.340 e. The van der Waals surface area contributed by atoms with Gasteiger partial charge in [0.05, 0.1) is 0 Å². The van der Waals surface area contributed by atoms with Gasteiger partial charge >= 0.3 is 5.69 Å². The van der Waals surface area contributed by atoms with Crippen LogP contribution in [0.25, 0.3) is 22.2 Å². The fraction of sp³-hybridized carbons (Fsp3) is 0.174. The summed E-state index contributed by atoms with van der Waals surface area (Å²) >= 11 is 0. The molecule has 29 heavy (non-hydrogen) atoms. The van der Waals surface area contributed by atoms with Crippen LogP contribution in [0.15, 0.2) is 65.5 Å². The lowest BCUT2D eigenvalue weighted by atomic mass is 10.0. The number of hydrogen-bond donors (Lipinski definition) is 3. The Morgan fingerprint density at radius 3 is 2.69 bits per heavy atom. The maximum atomic E-state index is 12.8. The molecule has 0 bridgehead atoms. The molecule has 0 saturated heterocycles. The van der Waals surface area contributed by atoms with Crippen molar-refractivity contribution in [2.45, 2.75) is 19.3 Å². The smallest absolute Gasteiger partial charge is 0.326 e. The average molecular weight is 384 g/mol. The molecule has 3 N–H and O–H groups in total. The van der Waals surface area contributed by atoms with E-state index in [1.54, 1.807) is 0 Å². The van der Waals surface area contributed by atoms with E-state index in [4.69, 9.17) is 0 Å². The molecule has 1 aliphatic carbocycles. The van der Waals surface area contributed by atoms with Gasteiger partial charge in [-0.25, -0.2) is 9.89 Å². The van der Waals surface area contributed by atoms with Gasteiger partial charge in [0.25, 0.3) is 0 Å². The number of fused-ring (bicyclic) bond motifs is 1. The van der Waals surface area contributed by atoms with Gasteiger partial charge < -0.3 is 5.32 Å². The molecule has 0 aliphatic heterocycles. The van der Waals surface area contributed by atoms with Crippen LogP contribution in [0.2, 0.25) is 0 Å². The first-order chi connectivity index (χ1) is 14.1. The van der Waals surface area contributed by atoms with Crippen molar-refractivity contribution in [3.63, 3.8) is 0 Å². The fourth-order valence-corrected chi connectivity index (χ4v) is 3.83. The Hall–Kier alpha value is -3.67. The predicted octanol–water partition coefficient (Wildman–Crippen LogP) is 3.97. The van der Waals surface area contributed by atoms with Crippen molar-refractivity contribution in [3.8, 4) is 11.4 Å². The van der Waals surface area contributed by atoms with Gasteiger partial charge in [-0.05, 0) is 47.2 Å². The summed E-state index contributed by atoms with van der Waals surface area (Å²) in [6.07, 6.45) is 0.857. The van der Waals surface area contributed by atoms with Crippen molar-refractivity contribution >= 4 is 22.4 Å². The van der Waals surface area contributed by atoms with Crippen LogP contribution in [0.3, 0.4) is 0 Å². The Balaban J connectivity index is 1.34. The van der Waals surface area contributed by atoms with Gasteiger partial charge in [-0.15, -0.1) is 0 Å². The molecule has 6 nitrogen and oxygen atoms in total. The molecular formula is C23H20N4O2. The molecule has 1 amide bonds. The van der Waals surface area contributed by atoms with Gasteiger partial charge in [0.2, 0.25) is 5.91 Å². The molecule has 2 atom stereocenters. The summed E-state index contributed by atoms with van der Waals surface area (Å²) in [6.45, 7) is 1.94. The van der Waals surface area contributed by atoms with Crippen LogP contribution < -0.4 is 11.0 Å². The van der Waals surface area contributed by atoms with E-state index in [1.165, 1.54) is 16.3 Å². The molecule has 1 fully saturated rings. The third-order valence-electron chi connectivity index (χ3n) is 5.60. The number of hydrogen-bond acceptors (Lipinski definition) is 3. The van der Waals surface area contributed by atoms with Crippen LogP contribution in [0.5, 0.6) is 0 Å². The molecule has 5 rings (SSSR count). The van der Waals surface area contributed by atoms with Crippen LogP contribution in [-0.2, 0) is 4.79 Å². The number of rotatable bonds is 4. The van der Waals surface area contributed by atoms with Crippen LogP contribution in [0.1, 0.15) is 23.5 Å². The van der Waals surface area contributed by atoms with Crippen LogP contribution in [-0.4, -0.2) is 21.1 Å². The highest BCUT2D eigenvalue weighted by Crippen LogP contribution is 2.48. The van der Waals surface area contributed by atoms with E-state index in [-0.39, 0.29) is 23.4 Å². The summed E-state index contributed by atoms with van der Waals surface area (Å²) < 4.78 is 0. The number of carbonyl (C=O) groups excluding carboxylic acids is 1. The fourth-order valence-electron chi connectivity index (χ4n) is 3.83. The summed E-state index contributed by atoms with van der Waals surface area (Å²) in [6, 6.07) is 20.3. The summed E-state index contributed by atoms with van der Waals surface area (Å²) in [5.74, 6) is 0.708. The third kappa shape index (κ3) is 3.33. The minimum atomic E-state index is -0.359. The molecule has 1 heterocycles. The van der Waals surface area contributed by atoms with Gasteiger partial charge in [-0.1, -0.05) is 54.6 Å². The number of H-pyrrole nitrogens is 2. The lowest BCUT2D eigenvalue weighted by Crippen LogP contribution is -2.15. The molecule has 0 radical (unpaired) electrons. The summed E-state index contributed by atoms with van der Waals surface area (Å²) in [4.78, 5) is 26.8. The molecular weight excluding hydrogens is 364 g/mol. The number of anilines is 1. The second kappa shape index (κ2) is 6.74. The number of carbonyl (C=O) groups is 1. The Labute approximate surface area is 167 Å². The maximum Gasteiger partial charge on any atom is 0.340 e. The Morgan fingerprint density at radius 2 is 1.90 bits per heavy atom. The van der Waals surface area contributed by atoms with E-state index in [9.17, 15) is 9.59 Å². The average Bonchev–Trinajstić information content (AvgIpc) is 3.43. The van der Waals surface area contributed by atoms with Gasteiger partial charge in [0.15, 0.2) is 5.82 Å². The standard InChI is InChI=1S/C23H20N4O2/c1-13-6-7-17(21-25-23(29)27-26-21)11-20(13)24-22(28)19-12-18(19)16-9-8-14-4-2-3-5-15(14)10-16/h2-11,18-19H,12H2,1H3,(H,24,28)(H2,25,26,27,29). The number of amides is 1. The molecule has 6 heteroatoms. The second-order valence-electron chi connectivity index (χ2n) is 7.60. The van der Waals surface area contributed by atoms with Gasteiger partial charge in [-0.2, -0.15) is 5.10 Å². The van der Waals surface area contributed by atoms with Crippen LogP contribution in [0.4, 0.5) is 5.69 Å². The van der Waals surface area contributed by atoms with Gasteiger partial charge in [-0.3, -0.25) is 9.78 Å². The normalized spacial score (nSPS) is 18.0. The minimum Gasteiger partial charge on any atom is -0.326 e. The lowest BCUT2D eigenvalue weighted by Gasteiger charge is -2.10. The monoisotopic (exact) mass is 384 g/mol. The SMILES string of the molecule is Cc1ccc(-c2n[nH]c(=O)[nH]2)cc1NC(=O)C1CC1c1ccc2ccccc2c1. The van der Waals surface area contributed by atoms with Gasteiger partial charge in [0, 0.05) is 17.2 Å². The lowest BCUT2D eigenvalue weighted by molar-refractivity contribution is -0.117.